The molecular formula is C6H8ClNO. The van der Waals surface area contributed by atoms with Crippen LogP contribution in [0.3, 0.4) is 0 Å². The number of hydrogen-bond donors (Lipinski definition) is 0. The van der Waals surface area contributed by atoms with E-state index in [4.69, 9.17) is 0 Å². The van der Waals surface area contributed by atoms with Gasteiger partial charge in [-0.1, -0.05) is 0 Å². The standard InChI is InChI=1S/C6H7NO.ClH/c1-6-3-2-4-7(8)5-6;/h2-5H,1H3;1H. The number of halogens is 1. The van der Waals surface area contributed by atoms with Crippen LogP contribution in [0.5, 0.6) is 0 Å². The Hall–Kier alpha value is -0.760. The van der Waals surface area contributed by atoms with Gasteiger partial charge in [0.1, 0.15) is 0 Å². The molecule has 0 aliphatic rings. The van der Waals surface area contributed by atoms with Crippen molar-refractivity contribution in [3.63, 3.8) is 0 Å². The number of nitrogens with zero attached hydrogens (tertiary/aromatic N) is 1. The Morgan fingerprint density at radius 3 is 2.56 bits per heavy atom. The largest absolute Gasteiger partial charge is 0.619 e. The van der Waals surface area contributed by atoms with Gasteiger partial charge < -0.3 is 5.21 Å². The first-order chi connectivity index (χ1) is 3.79. The molecule has 3 heteroatoms. The summed E-state index contributed by atoms with van der Waals surface area (Å²) < 4.78 is 0.787. The summed E-state index contributed by atoms with van der Waals surface area (Å²) in [5, 5.41) is 10.4. The minimum Gasteiger partial charge on any atom is -0.619 e. The van der Waals surface area contributed by atoms with E-state index in [1.54, 1.807) is 6.07 Å². The molecule has 0 aliphatic carbocycles. The van der Waals surface area contributed by atoms with Crippen LogP contribution in [0.25, 0.3) is 0 Å². The molecule has 1 rings (SSSR count). The molecule has 9 heavy (non-hydrogen) atoms. The van der Waals surface area contributed by atoms with Crippen LogP contribution in [0.4, 0.5) is 0 Å². The van der Waals surface area contributed by atoms with Crippen LogP contribution in [0.2, 0.25) is 0 Å². The lowest BCUT2D eigenvalue weighted by Gasteiger charge is -1.92. The Morgan fingerprint density at radius 2 is 2.22 bits per heavy atom. The van der Waals surface area contributed by atoms with Gasteiger partial charge in [0.15, 0.2) is 12.4 Å². The van der Waals surface area contributed by atoms with Gasteiger partial charge in [-0.05, 0) is 13.0 Å². The zero-order chi connectivity index (χ0) is 5.98. The predicted octanol–water partition coefficient (Wildman–Crippen LogP) is 1.05. The van der Waals surface area contributed by atoms with E-state index in [0.717, 1.165) is 10.3 Å². The fraction of sp³-hybridized carbons (Fsp3) is 0.167. The summed E-state index contributed by atoms with van der Waals surface area (Å²) in [4.78, 5) is 0. The summed E-state index contributed by atoms with van der Waals surface area (Å²) in [6.07, 6.45) is 2.99. The van der Waals surface area contributed by atoms with Crippen molar-refractivity contribution >= 4 is 12.4 Å². The smallest absolute Gasteiger partial charge is 0.183 e. The van der Waals surface area contributed by atoms with Gasteiger partial charge in [-0.15, -0.1) is 12.4 Å². The monoisotopic (exact) mass is 145 g/mol. The SMILES string of the molecule is Cc1ccc[n+]([O-])c1.Cl. The lowest BCUT2D eigenvalue weighted by molar-refractivity contribution is -0.605. The molecule has 0 atom stereocenters. The Bertz CT molecular complexity index is 173. The highest BCUT2D eigenvalue weighted by molar-refractivity contribution is 5.85. The van der Waals surface area contributed by atoms with Crippen molar-refractivity contribution in [2.45, 2.75) is 6.92 Å². The van der Waals surface area contributed by atoms with E-state index in [0.29, 0.717) is 0 Å². The molecule has 1 aromatic rings. The summed E-state index contributed by atoms with van der Waals surface area (Å²) in [6.45, 7) is 1.88. The maximum Gasteiger partial charge on any atom is 0.183 e. The van der Waals surface area contributed by atoms with Gasteiger partial charge in [-0.25, -0.2) is 0 Å². The zero-order valence-corrected chi connectivity index (χ0v) is 5.89. The second-order valence-corrected chi connectivity index (χ2v) is 1.74. The van der Waals surface area contributed by atoms with E-state index >= 15 is 0 Å². The molecule has 0 aliphatic heterocycles. The average molecular weight is 146 g/mol. The van der Waals surface area contributed by atoms with Crippen molar-refractivity contribution in [1.82, 2.24) is 0 Å². The van der Waals surface area contributed by atoms with E-state index in [1.807, 2.05) is 13.0 Å². The van der Waals surface area contributed by atoms with Crippen molar-refractivity contribution in [3.8, 4) is 0 Å². The number of hydrogen-bond acceptors (Lipinski definition) is 1. The maximum absolute atomic E-state index is 10.4. The number of aryl methyl sites for hydroxylation is 1. The van der Waals surface area contributed by atoms with Crippen LogP contribution in [0.1, 0.15) is 5.56 Å². The van der Waals surface area contributed by atoms with Crippen molar-refractivity contribution < 1.29 is 4.73 Å². The highest BCUT2D eigenvalue weighted by atomic mass is 35.5. The maximum atomic E-state index is 10.4. The van der Waals surface area contributed by atoms with Crippen LogP contribution in [0.15, 0.2) is 24.5 Å². The molecule has 0 spiro atoms. The van der Waals surface area contributed by atoms with Crippen molar-refractivity contribution in [3.05, 3.63) is 35.3 Å². The van der Waals surface area contributed by atoms with Gasteiger partial charge in [0.2, 0.25) is 0 Å². The minimum absolute atomic E-state index is 0. The summed E-state index contributed by atoms with van der Waals surface area (Å²) in [6, 6.07) is 3.61. The van der Waals surface area contributed by atoms with Gasteiger partial charge in [0.05, 0.1) is 0 Å². The molecule has 0 bridgehead atoms. The number of rotatable bonds is 0. The Kier molecular flexibility index (Phi) is 3.02. The predicted molar refractivity (Wildman–Crippen MR) is 37.4 cm³/mol. The van der Waals surface area contributed by atoms with Crippen molar-refractivity contribution in [1.29, 1.82) is 0 Å². The molecule has 0 radical (unpaired) electrons. The van der Waals surface area contributed by atoms with Gasteiger partial charge in [0, 0.05) is 11.6 Å². The zero-order valence-electron chi connectivity index (χ0n) is 5.07. The topological polar surface area (TPSA) is 26.9 Å². The summed E-state index contributed by atoms with van der Waals surface area (Å²) in [5.41, 5.74) is 0.988. The molecule has 1 aromatic heterocycles. The van der Waals surface area contributed by atoms with Crippen LogP contribution < -0.4 is 4.73 Å². The quantitative estimate of drug-likeness (QED) is 0.396. The van der Waals surface area contributed by atoms with E-state index in [1.165, 1.54) is 12.4 Å². The lowest BCUT2D eigenvalue weighted by atomic mass is 10.3. The number of pyridine rings is 1. The van der Waals surface area contributed by atoms with Crippen molar-refractivity contribution in [2.75, 3.05) is 0 Å². The molecule has 1 heterocycles. The fourth-order valence-electron chi connectivity index (χ4n) is 0.566. The first-order valence-corrected chi connectivity index (χ1v) is 2.44. The molecule has 0 unspecified atom stereocenters. The summed E-state index contributed by atoms with van der Waals surface area (Å²) in [5.74, 6) is 0. The molecule has 50 valence electrons. The van der Waals surface area contributed by atoms with E-state index in [-0.39, 0.29) is 12.4 Å². The molecule has 0 fully saturated rings. The van der Waals surface area contributed by atoms with E-state index in [2.05, 4.69) is 0 Å². The fourth-order valence-corrected chi connectivity index (χ4v) is 0.566. The molecule has 2 nitrogen and oxygen atoms in total. The van der Waals surface area contributed by atoms with E-state index in [9.17, 15) is 5.21 Å². The third-order valence-electron chi connectivity index (χ3n) is 0.923. The van der Waals surface area contributed by atoms with E-state index < -0.39 is 0 Å². The molecule has 0 saturated carbocycles. The van der Waals surface area contributed by atoms with Crippen LogP contribution in [-0.2, 0) is 0 Å². The lowest BCUT2D eigenvalue weighted by Crippen LogP contribution is -2.23. The summed E-state index contributed by atoms with van der Waals surface area (Å²) in [7, 11) is 0. The highest BCUT2D eigenvalue weighted by Crippen LogP contribution is 1.86. The molecular weight excluding hydrogens is 138 g/mol. The summed E-state index contributed by atoms with van der Waals surface area (Å²) >= 11 is 0. The molecule has 0 saturated heterocycles. The number of aromatic nitrogens is 1. The normalized spacial score (nSPS) is 8.11. The van der Waals surface area contributed by atoms with Crippen LogP contribution in [0, 0.1) is 12.1 Å². The Morgan fingerprint density at radius 1 is 1.56 bits per heavy atom. The first-order valence-electron chi connectivity index (χ1n) is 2.44. The second-order valence-electron chi connectivity index (χ2n) is 1.74. The highest BCUT2D eigenvalue weighted by Gasteiger charge is 1.85. The molecule has 0 aromatic carbocycles. The van der Waals surface area contributed by atoms with Gasteiger partial charge in [-0.2, -0.15) is 4.73 Å². The van der Waals surface area contributed by atoms with Gasteiger partial charge in [-0.3, -0.25) is 0 Å². The van der Waals surface area contributed by atoms with Gasteiger partial charge >= 0.3 is 0 Å². The Balaban J connectivity index is 0.000000640. The average Bonchev–Trinajstić information content (AvgIpc) is 1.64. The van der Waals surface area contributed by atoms with Gasteiger partial charge in [0.25, 0.3) is 0 Å². The molecule has 0 amide bonds. The first kappa shape index (κ1) is 8.24. The third kappa shape index (κ3) is 2.33. The van der Waals surface area contributed by atoms with Crippen molar-refractivity contribution in [2.24, 2.45) is 0 Å². The third-order valence-corrected chi connectivity index (χ3v) is 0.923. The second kappa shape index (κ2) is 3.30. The van der Waals surface area contributed by atoms with Crippen LogP contribution >= 0.6 is 12.4 Å². The minimum atomic E-state index is 0. The Labute approximate surface area is 60.1 Å². The molecule has 0 N–H and O–H groups in total. The van der Waals surface area contributed by atoms with Crippen LogP contribution in [-0.4, -0.2) is 0 Å².